The summed E-state index contributed by atoms with van der Waals surface area (Å²) in [6.07, 6.45) is 7.44. The fourth-order valence-electron chi connectivity index (χ4n) is 4.57. The van der Waals surface area contributed by atoms with Crippen molar-refractivity contribution in [2.75, 3.05) is 0 Å². The normalized spacial score (nSPS) is 19.3. The molecule has 3 N–H and O–H groups in total. The van der Waals surface area contributed by atoms with Crippen LogP contribution in [-0.4, -0.2) is 21.2 Å². The maximum absolute atomic E-state index is 14.0. The number of benzene rings is 2. The maximum Gasteiger partial charge on any atom is 0.338 e. The summed E-state index contributed by atoms with van der Waals surface area (Å²) in [5, 5.41) is 12.9. The number of rotatable bonds is 5. The topological polar surface area (TPSA) is 102 Å². The Hall–Kier alpha value is -3.06. The number of carbonyl (C=O) groups is 1. The van der Waals surface area contributed by atoms with Crippen LogP contribution in [0.4, 0.5) is 4.39 Å². The molecule has 7 heteroatoms. The molecule has 2 aromatic carbocycles. The Morgan fingerprint density at radius 3 is 2.66 bits per heavy atom. The molecule has 0 amide bonds. The zero-order valence-corrected chi connectivity index (χ0v) is 18.2. The molecule has 0 aliphatic heterocycles. The lowest BCUT2D eigenvalue weighted by atomic mass is 9.81. The SMILES string of the molecule is CC1CCCCC(c2ccc(-c3nc(-c4ccc(C(=O)O)c(F)c4)no3)cc2CN)CC1. The first-order valence-electron chi connectivity index (χ1n) is 11.2. The van der Waals surface area contributed by atoms with Gasteiger partial charge in [0.15, 0.2) is 0 Å². The third-order valence-corrected chi connectivity index (χ3v) is 6.44. The molecule has 1 aromatic heterocycles. The van der Waals surface area contributed by atoms with Crippen molar-refractivity contribution in [2.45, 2.75) is 57.9 Å². The highest BCUT2D eigenvalue weighted by Crippen LogP contribution is 2.36. The van der Waals surface area contributed by atoms with Crippen molar-refractivity contribution in [2.24, 2.45) is 11.7 Å². The largest absolute Gasteiger partial charge is 0.478 e. The number of carboxylic acid groups (broad SMARTS) is 1. The lowest BCUT2D eigenvalue weighted by Gasteiger charge is -2.25. The van der Waals surface area contributed by atoms with Crippen molar-refractivity contribution in [3.8, 4) is 22.8 Å². The molecule has 32 heavy (non-hydrogen) atoms. The van der Waals surface area contributed by atoms with E-state index in [1.54, 1.807) is 0 Å². The molecule has 1 saturated carbocycles. The van der Waals surface area contributed by atoms with E-state index in [0.29, 0.717) is 23.9 Å². The van der Waals surface area contributed by atoms with Crippen LogP contribution in [0.1, 0.15) is 72.9 Å². The monoisotopic (exact) mass is 437 g/mol. The quantitative estimate of drug-likeness (QED) is 0.525. The van der Waals surface area contributed by atoms with Gasteiger partial charge in [0.2, 0.25) is 5.82 Å². The van der Waals surface area contributed by atoms with Crippen molar-refractivity contribution >= 4 is 5.97 Å². The van der Waals surface area contributed by atoms with E-state index in [-0.39, 0.29) is 5.82 Å². The molecule has 0 bridgehead atoms. The minimum absolute atomic E-state index is 0.197. The van der Waals surface area contributed by atoms with E-state index in [2.05, 4.69) is 23.1 Å². The number of halogens is 1. The molecule has 3 aromatic rings. The van der Waals surface area contributed by atoms with Crippen molar-refractivity contribution in [3.05, 3.63) is 58.9 Å². The summed E-state index contributed by atoms with van der Waals surface area (Å²) in [5.74, 6) is -0.372. The number of nitrogens with zero attached hydrogens (tertiary/aromatic N) is 2. The number of carboxylic acids is 1. The fourth-order valence-corrected chi connectivity index (χ4v) is 4.57. The van der Waals surface area contributed by atoms with Gasteiger partial charge in [-0.05, 0) is 66.1 Å². The van der Waals surface area contributed by atoms with Crippen LogP contribution in [0.3, 0.4) is 0 Å². The van der Waals surface area contributed by atoms with Gasteiger partial charge in [-0.2, -0.15) is 4.98 Å². The van der Waals surface area contributed by atoms with Gasteiger partial charge in [0, 0.05) is 17.7 Å². The van der Waals surface area contributed by atoms with Gasteiger partial charge in [0.05, 0.1) is 5.56 Å². The number of aromatic carboxylic acids is 1. The van der Waals surface area contributed by atoms with E-state index < -0.39 is 17.3 Å². The second-order valence-corrected chi connectivity index (χ2v) is 8.70. The molecule has 2 atom stereocenters. The predicted molar refractivity (Wildman–Crippen MR) is 120 cm³/mol. The molecule has 1 aliphatic carbocycles. The van der Waals surface area contributed by atoms with E-state index >= 15 is 0 Å². The predicted octanol–water partition coefficient (Wildman–Crippen LogP) is 5.77. The zero-order chi connectivity index (χ0) is 22.7. The van der Waals surface area contributed by atoms with Crippen molar-refractivity contribution in [3.63, 3.8) is 0 Å². The highest BCUT2D eigenvalue weighted by molar-refractivity contribution is 5.88. The summed E-state index contributed by atoms with van der Waals surface area (Å²) in [7, 11) is 0. The number of nitrogens with two attached hydrogens (primary N) is 1. The number of hydrogen-bond acceptors (Lipinski definition) is 5. The van der Waals surface area contributed by atoms with Crippen LogP contribution in [0.25, 0.3) is 22.8 Å². The standard InChI is InChI=1S/C25H28FN3O3/c1-15-4-2-3-5-16(7-6-15)20-10-9-18(12-19(20)14-27)24-28-23(29-32-24)17-8-11-21(25(30)31)22(26)13-17/h8-13,15-16H,2-7,14,27H2,1H3,(H,30,31). The molecular weight excluding hydrogens is 409 g/mol. The second-order valence-electron chi connectivity index (χ2n) is 8.70. The molecule has 4 rings (SSSR count). The van der Waals surface area contributed by atoms with Crippen LogP contribution in [0.2, 0.25) is 0 Å². The summed E-state index contributed by atoms with van der Waals surface area (Å²) in [6.45, 7) is 2.77. The zero-order valence-electron chi connectivity index (χ0n) is 18.2. The lowest BCUT2D eigenvalue weighted by molar-refractivity contribution is 0.0692. The highest BCUT2D eigenvalue weighted by Gasteiger charge is 2.21. The van der Waals surface area contributed by atoms with Gasteiger partial charge in [-0.1, -0.05) is 43.8 Å². The van der Waals surface area contributed by atoms with Crippen molar-refractivity contribution < 1.29 is 18.8 Å². The van der Waals surface area contributed by atoms with Gasteiger partial charge in [-0.25, -0.2) is 9.18 Å². The Morgan fingerprint density at radius 1 is 1.12 bits per heavy atom. The van der Waals surface area contributed by atoms with E-state index in [4.69, 9.17) is 15.4 Å². The summed E-state index contributed by atoms with van der Waals surface area (Å²) in [5.41, 5.74) is 9.19. The first kappa shape index (κ1) is 22.1. The molecule has 1 heterocycles. The maximum atomic E-state index is 14.0. The van der Waals surface area contributed by atoms with Crippen molar-refractivity contribution in [1.82, 2.24) is 10.1 Å². The minimum Gasteiger partial charge on any atom is -0.478 e. The first-order chi connectivity index (χ1) is 15.5. The van der Waals surface area contributed by atoms with Crippen LogP contribution in [0.5, 0.6) is 0 Å². The summed E-state index contributed by atoms with van der Waals surface area (Å²) < 4.78 is 19.5. The van der Waals surface area contributed by atoms with Gasteiger partial charge >= 0.3 is 5.97 Å². The van der Waals surface area contributed by atoms with Gasteiger partial charge in [-0.15, -0.1) is 0 Å². The Kier molecular flexibility index (Phi) is 6.65. The molecule has 1 aliphatic rings. The molecule has 2 unspecified atom stereocenters. The minimum atomic E-state index is -1.32. The van der Waals surface area contributed by atoms with E-state index in [9.17, 15) is 9.18 Å². The van der Waals surface area contributed by atoms with Gasteiger partial charge in [0.1, 0.15) is 5.82 Å². The Bertz CT molecular complexity index is 1110. The number of aromatic nitrogens is 2. The Labute approximate surface area is 186 Å². The van der Waals surface area contributed by atoms with E-state index in [0.717, 1.165) is 23.1 Å². The van der Waals surface area contributed by atoms with Crippen LogP contribution in [-0.2, 0) is 6.54 Å². The molecule has 1 fully saturated rings. The van der Waals surface area contributed by atoms with Crippen LogP contribution < -0.4 is 5.73 Å². The molecule has 0 spiro atoms. The fraction of sp³-hybridized carbons (Fsp3) is 0.400. The van der Waals surface area contributed by atoms with Crippen LogP contribution >= 0.6 is 0 Å². The molecular formula is C25H28FN3O3. The summed E-state index contributed by atoms with van der Waals surface area (Å²) in [4.78, 5) is 15.4. The average Bonchev–Trinajstić information content (AvgIpc) is 3.26. The van der Waals surface area contributed by atoms with Gasteiger partial charge in [-0.3, -0.25) is 0 Å². The average molecular weight is 438 g/mol. The molecule has 168 valence electrons. The van der Waals surface area contributed by atoms with Crippen LogP contribution in [0.15, 0.2) is 40.9 Å². The highest BCUT2D eigenvalue weighted by atomic mass is 19.1. The third kappa shape index (κ3) is 4.72. The van der Waals surface area contributed by atoms with Gasteiger partial charge in [0.25, 0.3) is 5.89 Å². The number of hydrogen-bond donors (Lipinski definition) is 2. The first-order valence-corrected chi connectivity index (χ1v) is 11.2. The molecule has 0 radical (unpaired) electrons. The summed E-state index contributed by atoms with van der Waals surface area (Å²) in [6, 6.07) is 9.86. The van der Waals surface area contributed by atoms with Gasteiger partial charge < -0.3 is 15.4 Å². The Balaban J connectivity index is 1.59. The third-order valence-electron chi connectivity index (χ3n) is 6.44. The van der Waals surface area contributed by atoms with E-state index in [1.165, 1.54) is 56.2 Å². The smallest absolute Gasteiger partial charge is 0.338 e. The second kappa shape index (κ2) is 9.61. The summed E-state index contributed by atoms with van der Waals surface area (Å²) >= 11 is 0. The van der Waals surface area contributed by atoms with Crippen LogP contribution in [0, 0.1) is 11.7 Å². The van der Waals surface area contributed by atoms with E-state index in [1.807, 2.05) is 12.1 Å². The molecule has 0 saturated heterocycles. The Morgan fingerprint density at radius 2 is 1.91 bits per heavy atom. The molecule has 6 nitrogen and oxygen atoms in total. The van der Waals surface area contributed by atoms with Crippen molar-refractivity contribution in [1.29, 1.82) is 0 Å². The lowest BCUT2D eigenvalue weighted by Crippen LogP contribution is -2.11.